The predicted octanol–water partition coefficient (Wildman–Crippen LogP) is 2.30. The molecule has 0 aliphatic carbocycles. The summed E-state index contributed by atoms with van der Waals surface area (Å²) in [5.74, 6) is -0.730. The maximum absolute atomic E-state index is 12.6. The number of amides is 2. The minimum atomic E-state index is -0.365. The van der Waals surface area contributed by atoms with Crippen molar-refractivity contribution >= 4 is 22.6 Å². The first-order valence-electron chi connectivity index (χ1n) is 8.95. The Morgan fingerprint density at radius 2 is 1.69 bits per heavy atom. The molecule has 2 amide bonds. The number of hydrogen-bond acceptors (Lipinski definition) is 6. The van der Waals surface area contributed by atoms with Crippen LogP contribution in [0, 0.1) is 0 Å². The molecule has 0 bridgehead atoms. The van der Waals surface area contributed by atoms with E-state index in [1.807, 2.05) is 6.07 Å². The first-order chi connectivity index (χ1) is 14.1. The lowest BCUT2D eigenvalue weighted by Crippen LogP contribution is -2.30. The van der Waals surface area contributed by atoms with E-state index < -0.39 is 0 Å². The number of nitrogens with one attached hydrogen (secondary N) is 1. The third-order valence-electron chi connectivity index (χ3n) is 5.01. The van der Waals surface area contributed by atoms with Crippen LogP contribution in [-0.2, 0) is 13.0 Å². The van der Waals surface area contributed by atoms with Gasteiger partial charge in [0.25, 0.3) is 17.4 Å². The molecule has 3 heterocycles. The van der Waals surface area contributed by atoms with Gasteiger partial charge in [0.1, 0.15) is 6.26 Å². The van der Waals surface area contributed by atoms with E-state index >= 15 is 0 Å². The smallest absolute Gasteiger partial charge is 0.272 e. The molecule has 0 spiro atoms. The Hall–Kier alpha value is -4.07. The molecule has 8 heteroatoms. The summed E-state index contributed by atoms with van der Waals surface area (Å²) < 4.78 is 4.84. The summed E-state index contributed by atoms with van der Waals surface area (Å²) in [5.41, 5.74) is 2.67. The van der Waals surface area contributed by atoms with Gasteiger partial charge in [0.2, 0.25) is 0 Å². The fraction of sp³-hybridized carbons (Fsp3) is 0.0952. The second kappa shape index (κ2) is 6.52. The summed E-state index contributed by atoms with van der Waals surface area (Å²) in [4.78, 5) is 38.8. The lowest BCUT2D eigenvalue weighted by molar-refractivity contribution is 0.0640. The molecule has 0 saturated carbocycles. The molecule has 8 nitrogen and oxygen atoms in total. The molecular formula is C21H14N4O4. The fourth-order valence-electron chi connectivity index (χ4n) is 3.58. The van der Waals surface area contributed by atoms with E-state index in [4.69, 9.17) is 4.52 Å². The third-order valence-corrected chi connectivity index (χ3v) is 5.01. The van der Waals surface area contributed by atoms with Gasteiger partial charge in [0.15, 0.2) is 0 Å². The maximum Gasteiger partial charge on any atom is 0.272 e. The monoisotopic (exact) mass is 386 g/mol. The van der Waals surface area contributed by atoms with Gasteiger partial charge in [0, 0.05) is 17.4 Å². The number of aromatic nitrogens is 3. The third kappa shape index (κ3) is 2.82. The summed E-state index contributed by atoms with van der Waals surface area (Å²) in [6, 6.07) is 12.1. The van der Waals surface area contributed by atoms with Gasteiger partial charge in [-0.1, -0.05) is 29.4 Å². The molecule has 142 valence electrons. The van der Waals surface area contributed by atoms with Gasteiger partial charge in [-0.15, -0.1) is 0 Å². The van der Waals surface area contributed by atoms with Crippen molar-refractivity contribution in [3.8, 4) is 0 Å². The van der Waals surface area contributed by atoms with Crippen LogP contribution in [0.4, 0.5) is 0 Å². The molecule has 1 aliphatic rings. The molecular weight excluding hydrogens is 372 g/mol. The minimum absolute atomic E-state index is 0.0232. The molecule has 0 fully saturated rings. The van der Waals surface area contributed by atoms with Gasteiger partial charge < -0.3 is 4.52 Å². The molecule has 0 radical (unpaired) electrons. The number of aromatic amines is 1. The second-order valence-electron chi connectivity index (χ2n) is 6.83. The molecule has 1 aliphatic heterocycles. The number of carbonyl (C=O) groups excluding carboxylic acids is 2. The van der Waals surface area contributed by atoms with E-state index in [1.54, 1.807) is 48.9 Å². The van der Waals surface area contributed by atoms with Crippen LogP contribution in [0.15, 0.2) is 64.2 Å². The quantitative estimate of drug-likeness (QED) is 0.539. The number of benzene rings is 2. The number of rotatable bonds is 4. The predicted molar refractivity (Wildman–Crippen MR) is 102 cm³/mol. The highest BCUT2D eigenvalue weighted by Gasteiger charge is 2.35. The highest BCUT2D eigenvalue weighted by atomic mass is 16.5. The SMILES string of the molecule is O=C1c2ccccc2C(=O)N1Cc1n[nH]c(=O)c2cc(Cc3cnoc3)ccc12. The Bertz CT molecular complexity index is 1290. The Morgan fingerprint density at radius 1 is 0.931 bits per heavy atom. The standard InChI is InChI=1S/C21H14N4O4/c26-19-17-8-12(7-13-9-22-29-11-13)5-6-14(17)18(23-24-19)10-25-20(27)15-3-1-2-4-16(15)21(25)28/h1-6,8-9,11H,7,10H2,(H,24,26). The zero-order valence-corrected chi connectivity index (χ0v) is 15.1. The second-order valence-corrected chi connectivity index (χ2v) is 6.83. The van der Waals surface area contributed by atoms with Crippen LogP contribution in [0.25, 0.3) is 10.8 Å². The first kappa shape index (κ1) is 17.1. The number of nitrogens with zero attached hydrogens (tertiary/aromatic N) is 3. The van der Waals surface area contributed by atoms with Gasteiger partial charge >= 0.3 is 0 Å². The molecule has 4 aromatic rings. The molecule has 2 aromatic carbocycles. The largest absolute Gasteiger partial charge is 0.364 e. The van der Waals surface area contributed by atoms with E-state index in [-0.39, 0.29) is 23.9 Å². The lowest BCUT2D eigenvalue weighted by Gasteiger charge is -2.14. The van der Waals surface area contributed by atoms with Gasteiger partial charge in [-0.05, 0) is 23.8 Å². The van der Waals surface area contributed by atoms with E-state index in [9.17, 15) is 14.4 Å². The molecule has 1 N–H and O–H groups in total. The van der Waals surface area contributed by atoms with Crippen molar-refractivity contribution in [2.75, 3.05) is 0 Å². The average molecular weight is 386 g/mol. The normalized spacial score (nSPS) is 13.3. The first-order valence-corrected chi connectivity index (χ1v) is 8.95. The van der Waals surface area contributed by atoms with Crippen LogP contribution in [0.5, 0.6) is 0 Å². The summed E-state index contributed by atoms with van der Waals surface area (Å²) in [6.45, 7) is -0.0232. The highest BCUT2D eigenvalue weighted by molar-refractivity contribution is 6.21. The molecule has 5 rings (SSSR count). The van der Waals surface area contributed by atoms with Crippen molar-refractivity contribution in [2.45, 2.75) is 13.0 Å². The summed E-state index contributed by atoms with van der Waals surface area (Å²) >= 11 is 0. The van der Waals surface area contributed by atoms with Crippen molar-refractivity contribution in [3.05, 3.63) is 93.2 Å². The van der Waals surface area contributed by atoms with Crippen LogP contribution in [-0.4, -0.2) is 32.1 Å². The van der Waals surface area contributed by atoms with Gasteiger partial charge in [0.05, 0.1) is 34.9 Å². The zero-order chi connectivity index (χ0) is 20.0. The van der Waals surface area contributed by atoms with Crippen LogP contribution < -0.4 is 5.56 Å². The number of fused-ring (bicyclic) bond motifs is 2. The van der Waals surface area contributed by atoms with Crippen molar-refractivity contribution < 1.29 is 14.1 Å². The summed E-state index contributed by atoms with van der Waals surface area (Å²) in [6.07, 6.45) is 3.73. The van der Waals surface area contributed by atoms with Crippen molar-refractivity contribution in [2.24, 2.45) is 0 Å². The molecule has 0 unspecified atom stereocenters. The Balaban J connectivity index is 1.51. The molecule has 29 heavy (non-hydrogen) atoms. The Kier molecular flexibility index (Phi) is 3.83. The maximum atomic E-state index is 12.6. The van der Waals surface area contributed by atoms with E-state index in [1.165, 1.54) is 0 Å². The number of hydrogen-bond donors (Lipinski definition) is 1. The highest BCUT2D eigenvalue weighted by Crippen LogP contribution is 2.25. The van der Waals surface area contributed by atoms with Crippen molar-refractivity contribution in [1.82, 2.24) is 20.3 Å². The Labute approximate surface area is 163 Å². The number of H-pyrrole nitrogens is 1. The minimum Gasteiger partial charge on any atom is -0.364 e. The summed E-state index contributed by atoms with van der Waals surface area (Å²) in [5, 5.41) is 11.3. The van der Waals surface area contributed by atoms with Gasteiger partial charge in [-0.3, -0.25) is 19.3 Å². The topological polar surface area (TPSA) is 109 Å². The fourth-order valence-corrected chi connectivity index (χ4v) is 3.58. The van der Waals surface area contributed by atoms with Crippen LogP contribution >= 0.6 is 0 Å². The number of carbonyl (C=O) groups is 2. The molecule has 0 atom stereocenters. The lowest BCUT2D eigenvalue weighted by atomic mass is 10.0. The van der Waals surface area contributed by atoms with E-state index in [0.717, 1.165) is 16.0 Å². The molecule has 2 aromatic heterocycles. The van der Waals surface area contributed by atoms with E-state index in [2.05, 4.69) is 15.4 Å². The van der Waals surface area contributed by atoms with Crippen LogP contribution in [0.2, 0.25) is 0 Å². The average Bonchev–Trinajstić information content (AvgIpc) is 3.33. The van der Waals surface area contributed by atoms with Crippen molar-refractivity contribution in [1.29, 1.82) is 0 Å². The zero-order valence-electron chi connectivity index (χ0n) is 15.1. The summed E-state index contributed by atoms with van der Waals surface area (Å²) in [7, 11) is 0. The van der Waals surface area contributed by atoms with Crippen LogP contribution in [0.3, 0.4) is 0 Å². The van der Waals surface area contributed by atoms with Crippen molar-refractivity contribution in [3.63, 3.8) is 0 Å². The Morgan fingerprint density at radius 3 is 2.38 bits per heavy atom. The molecule has 0 saturated heterocycles. The van der Waals surface area contributed by atoms with Gasteiger partial charge in [-0.2, -0.15) is 5.10 Å². The van der Waals surface area contributed by atoms with Crippen LogP contribution in [0.1, 0.15) is 37.5 Å². The van der Waals surface area contributed by atoms with E-state index in [0.29, 0.717) is 34.0 Å². The van der Waals surface area contributed by atoms with Gasteiger partial charge in [-0.25, -0.2) is 5.10 Å². The number of imide groups is 1.